The quantitative estimate of drug-likeness (QED) is 0.182. The van der Waals surface area contributed by atoms with E-state index in [4.69, 9.17) is 4.74 Å². The number of unbranched alkanes of at least 4 members (excludes halogenated alkanes) is 4. The molecule has 0 saturated carbocycles. The van der Waals surface area contributed by atoms with Crippen LogP contribution in [0.15, 0.2) is 36.5 Å². The molecular weight excluding hydrogens is 272 g/mol. The lowest BCUT2D eigenvalue weighted by Crippen LogP contribution is -1.98. The number of rotatable bonds is 9. The summed E-state index contributed by atoms with van der Waals surface area (Å²) >= 11 is 0. The molecule has 0 fully saturated rings. The Morgan fingerprint density at radius 2 is 1.73 bits per heavy atom. The molecule has 0 aliphatic heterocycles. The summed E-state index contributed by atoms with van der Waals surface area (Å²) in [7, 11) is 0. The maximum absolute atomic E-state index is 10.8. The van der Waals surface area contributed by atoms with Crippen molar-refractivity contribution in [3.8, 4) is 11.8 Å². The van der Waals surface area contributed by atoms with Crippen molar-refractivity contribution in [1.29, 1.82) is 0 Å². The Bertz CT molecular complexity index is 378. The van der Waals surface area contributed by atoms with E-state index in [9.17, 15) is 4.79 Å². The van der Waals surface area contributed by atoms with E-state index in [0.717, 1.165) is 19.3 Å². The summed E-state index contributed by atoms with van der Waals surface area (Å²) in [6.07, 6.45) is 18.1. The normalized spacial score (nSPS) is 10.4. The second kappa shape index (κ2) is 21.5. The molecule has 0 unspecified atom stereocenters. The Labute approximate surface area is 137 Å². The van der Waals surface area contributed by atoms with E-state index >= 15 is 0 Å². The van der Waals surface area contributed by atoms with E-state index in [0.29, 0.717) is 6.61 Å². The molecule has 0 bridgehead atoms. The summed E-state index contributed by atoms with van der Waals surface area (Å²) in [6, 6.07) is 0. The van der Waals surface area contributed by atoms with E-state index in [-0.39, 0.29) is 5.97 Å². The predicted molar refractivity (Wildman–Crippen MR) is 96.6 cm³/mol. The summed E-state index contributed by atoms with van der Waals surface area (Å²) < 4.78 is 4.71. The van der Waals surface area contributed by atoms with Crippen LogP contribution in [0.4, 0.5) is 0 Å². The van der Waals surface area contributed by atoms with Gasteiger partial charge in [-0.15, -0.1) is 11.8 Å². The van der Waals surface area contributed by atoms with E-state index in [1.807, 2.05) is 25.2 Å². The van der Waals surface area contributed by atoms with Crippen LogP contribution in [0, 0.1) is 11.8 Å². The highest BCUT2D eigenvalue weighted by Gasteiger charge is 1.89. The topological polar surface area (TPSA) is 26.3 Å². The SMILES string of the molecule is CC#CCCCCC.CCCC=CC=CC=CC(=O)OCC. The lowest BCUT2D eigenvalue weighted by atomic mass is 10.2. The second-order valence-electron chi connectivity index (χ2n) is 4.60. The number of allylic oxidation sites excluding steroid dienone is 5. The van der Waals surface area contributed by atoms with Crippen molar-refractivity contribution in [3.05, 3.63) is 36.5 Å². The van der Waals surface area contributed by atoms with E-state index in [1.54, 1.807) is 13.0 Å². The third-order valence-corrected chi connectivity index (χ3v) is 2.53. The summed E-state index contributed by atoms with van der Waals surface area (Å²) in [5.74, 6) is 5.61. The molecule has 0 atom stereocenters. The summed E-state index contributed by atoms with van der Waals surface area (Å²) in [6.45, 7) is 8.44. The van der Waals surface area contributed by atoms with Crippen molar-refractivity contribution in [3.63, 3.8) is 0 Å². The van der Waals surface area contributed by atoms with Gasteiger partial charge in [0.05, 0.1) is 6.61 Å². The first-order valence-corrected chi connectivity index (χ1v) is 8.29. The van der Waals surface area contributed by atoms with Gasteiger partial charge in [0.25, 0.3) is 0 Å². The minimum absolute atomic E-state index is 0.297. The van der Waals surface area contributed by atoms with E-state index in [2.05, 4.69) is 31.8 Å². The van der Waals surface area contributed by atoms with Gasteiger partial charge < -0.3 is 4.74 Å². The molecule has 2 heteroatoms. The van der Waals surface area contributed by atoms with Crippen LogP contribution >= 0.6 is 0 Å². The standard InChI is InChI=1S/C12H18O2.C8H14/c1-3-5-6-7-8-9-10-11-12(13)14-4-2;1-3-5-7-8-6-4-2/h6-11H,3-5H2,1-2H3;3,5,7-8H2,1-2H3. The van der Waals surface area contributed by atoms with Crippen molar-refractivity contribution in [2.45, 2.75) is 66.2 Å². The summed E-state index contributed by atoms with van der Waals surface area (Å²) in [5, 5.41) is 0. The number of esters is 1. The van der Waals surface area contributed by atoms with Crippen molar-refractivity contribution in [1.82, 2.24) is 0 Å². The molecule has 22 heavy (non-hydrogen) atoms. The summed E-state index contributed by atoms with van der Waals surface area (Å²) in [5.41, 5.74) is 0. The van der Waals surface area contributed by atoms with Gasteiger partial charge in [-0.3, -0.25) is 0 Å². The van der Waals surface area contributed by atoms with Crippen molar-refractivity contribution in [2.24, 2.45) is 0 Å². The van der Waals surface area contributed by atoms with Crippen LogP contribution in [-0.4, -0.2) is 12.6 Å². The fraction of sp³-hybridized carbons (Fsp3) is 0.550. The fourth-order valence-electron chi connectivity index (χ4n) is 1.38. The van der Waals surface area contributed by atoms with Crippen LogP contribution in [0.5, 0.6) is 0 Å². The number of ether oxygens (including phenoxy) is 1. The molecule has 0 aliphatic carbocycles. The average Bonchev–Trinajstić information content (AvgIpc) is 2.52. The van der Waals surface area contributed by atoms with Gasteiger partial charge in [-0.2, -0.15) is 0 Å². The van der Waals surface area contributed by atoms with E-state index in [1.165, 1.54) is 25.3 Å². The number of carbonyl (C=O) groups is 1. The predicted octanol–water partition coefficient (Wildman–Crippen LogP) is 5.61. The Hall–Kier alpha value is -1.75. The minimum Gasteiger partial charge on any atom is -0.463 e. The molecule has 0 aliphatic rings. The van der Waals surface area contributed by atoms with Gasteiger partial charge in [0.2, 0.25) is 0 Å². The smallest absolute Gasteiger partial charge is 0.330 e. The van der Waals surface area contributed by atoms with Gasteiger partial charge in [-0.1, -0.05) is 63.5 Å². The summed E-state index contributed by atoms with van der Waals surface area (Å²) in [4.78, 5) is 10.8. The zero-order valence-electron chi connectivity index (χ0n) is 14.7. The first-order valence-electron chi connectivity index (χ1n) is 8.29. The molecule has 0 saturated heterocycles. The highest BCUT2D eigenvalue weighted by molar-refractivity contribution is 5.82. The lowest BCUT2D eigenvalue weighted by molar-refractivity contribution is -0.137. The monoisotopic (exact) mass is 304 g/mol. The Kier molecular flexibility index (Phi) is 22.1. The van der Waals surface area contributed by atoms with E-state index < -0.39 is 0 Å². The molecule has 0 aromatic heterocycles. The molecule has 0 amide bonds. The zero-order chi connectivity index (χ0) is 16.9. The van der Waals surface area contributed by atoms with Gasteiger partial charge in [-0.25, -0.2) is 4.79 Å². The molecule has 0 rings (SSSR count). The largest absolute Gasteiger partial charge is 0.463 e. The van der Waals surface area contributed by atoms with Crippen LogP contribution < -0.4 is 0 Å². The average molecular weight is 304 g/mol. The van der Waals surface area contributed by atoms with Crippen LogP contribution in [-0.2, 0) is 9.53 Å². The first kappa shape index (κ1) is 22.5. The van der Waals surface area contributed by atoms with Crippen LogP contribution in [0.25, 0.3) is 0 Å². The van der Waals surface area contributed by atoms with Crippen LogP contribution in [0.2, 0.25) is 0 Å². The molecule has 2 nitrogen and oxygen atoms in total. The number of hydrogen-bond acceptors (Lipinski definition) is 2. The number of carbonyl (C=O) groups excluding carboxylic acids is 1. The molecule has 0 spiro atoms. The highest BCUT2D eigenvalue weighted by Crippen LogP contribution is 1.96. The molecule has 0 N–H and O–H groups in total. The first-order chi connectivity index (χ1) is 10.7. The van der Waals surface area contributed by atoms with Gasteiger partial charge >= 0.3 is 5.97 Å². The molecule has 0 aromatic rings. The zero-order valence-corrected chi connectivity index (χ0v) is 14.7. The van der Waals surface area contributed by atoms with Gasteiger partial charge in [0.1, 0.15) is 0 Å². The van der Waals surface area contributed by atoms with Crippen molar-refractivity contribution in [2.75, 3.05) is 6.61 Å². The highest BCUT2D eigenvalue weighted by atomic mass is 16.5. The number of hydrogen-bond donors (Lipinski definition) is 0. The molecule has 0 radical (unpaired) electrons. The maximum Gasteiger partial charge on any atom is 0.330 e. The third kappa shape index (κ3) is 23.4. The minimum atomic E-state index is -0.297. The Morgan fingerprint density at radius 3 is 2.32 bits per heavy atom. The van der Waals surface area contributed by atoms with Crippen LogP contribution in [0.1, 0.15) is 66.2 Å². The Morgan fingerprint density at radius 1 is 1.00 bits per heavy atom. The Balaban J connectivity index is 0. The van der Waals surface area contributed by atoms with Gasteiger partial charge in [0.15, 0.2) is 0 Å². The molecular formula is C20H32O2. The van der Waals surface area contributed by atoms with Crippen LogP contribution in [0.3, 0.4) is 0 Å². The fourth-order valence-corrected chi connectivity index (χ4v) is 1.38. The van der Waals surface area contributed by atoms with Gasteiger partial charge in [0, 0.05) is 12.5 Å². The van der Waals surface area contributed by atoms with Crippen molar-refractivity contribution < 1.29 is 9.53 Å². The van der Waals surface area contributed by atoms with Crippen molar-refractivity contribution >= 4 is 5.97 Å². The molecule has 0 heterocycles. The molecule has 124 valence electrons. The second-order valence-corrected chi connectivity index (χ2v) is 4.60. The third-order valence-electron chi connectivity index (χ3n) is 2.53. The molecule has 0 aromatic carbocycles. The lowest BCUT2D eigenvalue weighted by Gasteiger charge is -1.92. The maximum atomic E-state index is 10.8. The van der Waals surface area contributed by atoms with Gasteiger partial charge in [-0.05, 0) is 26.7 Å².